The number of nitrogens with zero attached hydrogens (tertiary/aromatic N) is 2. The van der Waals surface area contributed by atoms with E-state index in [2.05, 4.69) is 4.90 Å². The summed E-state index contributed by atoms with van der Waals surface area (Å²) in [5.41, 5.74) is 1.15. The number of fused-ring (bicyclic) bond motifs is 1. The van der Waals surface area contributed by atoms with E-state index < -0.39 is 23.5 Å². The van der Waals surface area contributed by atoms with Crippen LogP contribution in [0.5, 0.6) is 5.75 Å². The first kappa shape index (κ1) is 23.9. The molecule has 1 unspecified atom stereocenters. The number of carbonyl (C=O) groups is 2. The molecule has 0 saturated heterocycles. The van der Waals surface area contributed by atoms with Gasteiger partial charge in [0, 0.05) is 23.5 Å². The molecule has 1 aliphatic rings. The lowest BCUT2D eigenvalue weighted by molar-refractivity contribution is -0.129. The van der Waals surface area contributed by atoms with Gasteiger partial charge >= 0.3 is 0 Å². The zero-order valence-corrected chi connectivity index (χ0v) is 20.1. The molecule has 0 spiro atoms. The van der Waals surface area contributed by atoms with Crippen LogP contribution < -0.4 is 4.74 Å². The summed E-state index contributed by atoms with van der Waals surface area (Å²) in [6.07, 6.45) is 0. The molecule has 1 amide bonds. The maximum atomic E-state index is 13.6. The summed E-state index contributed by atoms with van der Waals surface area (Å²) in [4.78, 5) is 30.5. The van der Waals surface area contributed by atoms with Crippen LogP contribution in [-0.4, -0.2) is 59.9 Å². The molecule has 0 radical (unpaired) electrons. The SMILES string of the molecule is CCN(CC)CCN1C(=O)C(O)=C(C(=O)c2cc3cc(Cl)ccc3o2)C1c1cccc(OC)c1. The van der Waals surface area contributed by atoms with Crippen molar-refractivity contribution in [1.29, 1.82) is 0 Å². The number of furan rings is 1. The molecule has 8 heteroatoms. The maximum absolute atomic E-state index is 13.6. The highest BCUT2D eigenvalue weighted by Gasteiger charge is 2.44. The Morgan fingerprint density at radius 2 is 1.94 bits per heavy atom. The number of benzene rings is 2. The number of aliphatic hydroxyl groups excluding tert-OH is 1. The van der Waals surface area contributed by atoms with Gasteiger partial charge in [0.05, 0.1) is 18.7 Å². The number of hydrogen-bond acceptors (Lipinski definition) is 6. The number of aliphatic hydroxyl groups is 1. The van der Waals surface area contributed by atoms with Gasteiger partial charge < -0.3 is 24.1 Å². The monoisotopic (exact) mass is 482 g/mol. The van der Waals surface area contributed by atoms with E-state index in [9.17, 15) is 14.7 Å². The topological polar surface area (TPSA) is 83.2 Å². The molecule has 1 aromatic heterocycles. The molecule has 0 fully saturated rings. The standard InChI is InChI=1S/C26H27ClN2O5/c1-4-28(5-2)11-12-29-23(16-7-6-8-19(14-16)33-3)22(25(31)26(29)32)24(30)21-15-17-13-18(27)9-10-20(17)34-21/h6-10,13-15,23,31H,4-5,11-12H2,1-3H3. The van der Waals surface area contributed by atoms with Crippen LogP contribution in [0.25, 0.3) is 11.0 Å². The molecule has 0 saturated carbocycles. The van der Waals surface area contributed by atoms with Crippen LogP contribution in [0.3, 0.4) is 0 Å². The molecule has 2 aromatic carbocycles. The quantitative estimate of drug-likeness (QED) is 0.431. The van der Waals surface area contributed by atoms with E-state index >= 15 is 0 Å². The van der Waals surface area contributed by atoms with E-state index in [0.717, 1.165) is 13.1 Å². The summed E-state index contributed by atoms with van der Waals surface area (Å²) in [7, 11) is 1.55. The first-order valence-electron chi connectivity index (χ1n) is 11.2. The third kappa shape index (κ3) is 4.41. The van der Waals surface area contributed by atoms with E-state index in [1.165, 1.54) is 4.90 Å². The van der Waals surface area contributed by atoms with Crippen molar-refractivity contribution in [3.8, 4) is 5.75 Å². The number of amides is 1. The van der Waals surface area contributed by atoms with Gasteiger partial charge in [-0.05, 0) is 55.1 Å². The van der Waals surface area contributed by atoms with Gasteiger partial charge in [-0.1, -0.05) is 37.6 Å². The molecule has 2 heterocycles. The number of likely N-dealkylation sites (N-methyl/N-ethyl adjacent to an activating group) is 1. The van der Waals surface area contributed by atoms with Gasteiger partial charge in [0.2, 0.25) is 5.78 Å². The number of ether oxygens (including phenoxy) is 1. The van der Waals surface area contributed by atoms with E-state index in [1.807, 2.05) is 19.9 Å². The number of rotatable bonds is 9. The highest BCUT2D eigenvalue weighted by atomic mass is 35.5. The normalized spacial score (nSPS) is 16.2. The summed E-state index contributed by atoms with van der Waals surface area (Å²) < 4.78 is 11.1. The highest BCUT2D eigenvalue weighted by molar-refractivity contribution is 6.31. The van der Waals surface area contributed by atoms with Crippen molar-refractivity contribution in [1.82, 2.24) is 9.80 Å². The fraction of sp³-hybridized carbons (Fsp3) is 0.308. The highest BCUT2D eigenvalue weighted by Crippen LogP contribution is 2.40. The van der Waals surface area contributed by atoms with Gasteiger partial charge in [-0.25, -0.2) is 0 Å². The first-order valence-corrected chi connectivity index (χ1v) is 11.6. The molecule has 3 aromatic rings. The van der Waals surface area contributed by atoms with Crippen molar-refractivity contribution in [3.63, 3.8) is 0 Å². The Morgan fingerprint density at radius 3 is 2.65 bits per heavy atom. The summed E-state index contributed by atoms with van der Waals surface area (Å²) in [5.74, 6) is -1.06. The van der Waals surface area contributed by atoms with Crippen molar-refractivity contribution in [2.75, 3.05) is 33.3 Å². The van der Waals surface area contributed by atoms with Crippen LogP contribution in [0.15, 0.2) is 64.3 Å². The lowest BCUT2D eigenvalue weighted by Gasteiger charge is -2.29. The van der Waals surface area contributed by atoms with Crippen molar-refractivity contribution in [2.45, 2.75) is 19.9 Å². The Labute approximate surface area is 203 Å². The van der Waals surface area contributed by atoms with Gasteiger partial charge in [0.15, 0.2) is 11.5 Å². The molecule has 0 aliphatic carbocycles. The minimum Gasteiger partial charge on any atom is -0.503 e. The predicted octanol–water partition coefficient (Wildman–Crippen LogP) is 5.01. The van der Waals surface area contributed by atoms with Gasteiger partial charge in [-0.2, -0.15) is 0 Å². The Morgan fingerprint density at radius 1 is 1.18 bits per heavy atom. The number of methoxy groups -OCH3 is 1. The fourth-order valence-electron chi connectivity index (χ4n) is 4.32. The fourth-order valence-corrected chi connectivity index (χ4v) is 4.50. The van der Waals surface area contributed by atoms with Gasteiger partial charge in [-0.15, -0.1) is 0 Å². The molecule has 1 aliphatic heterocycles. The molecule has 178 valence electrons. The molecular formula is C26H27ClN2O5. The average molecular weight is 483 g/mol. The smallest absolute Gasteiger partial charge is 0.290 e. The Balaban J connectivity index is 1.77. The van der Waals surface area contributed by atoms with Gasteiger partial charge in [-0.3, -0.25) is 9.59 Å². The van der Waals surface area contributed by atoms with Crippen molar-refractivity contribution < 1.29 is 23.8 Å². The van der Waals surface area contributed by atoms with Crippen LogP contribution in [0.4, 0.5) is 0 Å². The number of hydrogen-bond donors (Lipinski definition) is 1. The Bertz CT molecular complexity index is 1260. The van der Waals surface area contributed by atoms with Crippen LogP contribution in [0.1, 0.15) is 36.0 Å². The van der Waals surface area contributed by atoms with E-state index in [4.69, 9.17) is 20.8 Å². The number of halogens is 1. The third-order valence-electron chi connectivity index (χ3n) is 6.21. The summed E-state index contributed by atoms with van der Waals surface area (Å²) in [6, 6.07) is 13.0. The Hall–Kier alpha value is -3.29. The molecule has 0 bridgehead atoms. The van der Waals surface area contributed by atoms with Gasteiger partial charge in [0.25, 0.3) is 5.91 Å². The third-order valence-corrected chi connectivity index (χ3v) is 6.45. The first-order chi connectivity index (χ1) is 16.4. The molecule has 1 N–H and O–H groups in total. The second-order valence-corrected chi connectivity index (χ2v) is 8.53. The van der Waals surface area contributed by atoms with E-state index in [1.54, 1.807) is 49.6 Å². The zero-order chi connectivity index (χ0) is 24.4. The molecule has 1 atom stereocenters. The van der Waals surface area contributed by atoms with Gasteiger partial charge in [0.1, 0.15) is 11.3 Å². The number of Topliss-reactive ketones (excluding diaryl/α,β-unsaturated/α-hetero) is 1. The minimum atomic E-state index is -0.775. The zero-order valence-electron chi connectivity index (χ0n) is 19.4. The molecular weight excluding hydrogens is 456 g/mol. The summed E-state index contributed by atoms with van der Waals surface area (Å²) in [6.45, 7) is 6.71. The van der Waals surface area contributed by atoms with Crippen molar-refractivity contribution in [3.05, 3.63) is 76.2 Å². The predicted molar refractivity (Wildman–Crippen MR) is 130 cm³/mol. The lowest BCUT2D eigenvalue weighted by atomic mass is 9.95. The number of ketones is 1. The largest absolute Gasteiger partial charge is 0.503 e. The van der Waals surface area contributed by atoms with E-state index in [-0.39, 0.29) is 11.3 Å². The second-order valence-electron chi connectivity index (χ2n) is 8.09. The second kappa shape index (κ2) is 9.91. The van der Waals surface area contributed by atoms with Crippen LogP contribution in [-0.2, 0) is 4.79 Å². The summed E-state index contributed by atoms with van der Waals surface area (Å²) in [5, 5.41) is 12.1. The molecule has 4 rings (SSSR count). The molecule has 7 nitrogen and oxygen atoms in total. The number of carbonyl (C=O) groups excluding carboxylic acids is 2. The average Bonchev–Trinajstić information content (AvgIpc) is 3.38. The summed E-state index contributed by atoms with van der Waals surface area (Å²) >= 11 is 6.07. The van der Waals surface area contributed by atoms with Crippen LogP contribution in [0, 0.1) is 0 Å². The van der Waals surface area contributed by atoms with Crippen LogP contribution >= 0.6 is 11.6 Å². The lowest BCUT2D eigenvalue weighted by Crippen LogP contribution is -2.38. The van der Waals surface area contributed by atoms with E-state index in [0.29, 0.717) is 40.4 Å². The Kier molecular flexibility index (Phi) is 6.95. The maximum Gasteiger partial charge on any atom is 0.290 e. The van der Waals surface area contributed by atoms with Crippen LogP contribution in [0.2, 0.25) is 5.02 Å². The van der Waals surface area contributed by atoms with Crippen molar-refractivity contribution >= 4 is 34.3 Å². The van der Waals surface area contributed by atoms with Crippen molar-refractivity contribution in [2.24, 2.45) is 0 Å². The molecule has 34 heavy (non-hydrogen) atoms. The minimum absolute atomic E-state index is 0.0112.